The number of hydrogen-bond acceptors (Lipinski definition) is 5. The minimum Gasteiger partial charge on any atom is -0.398 e. The molecule has 6 nitrogen and oxygen atoms in total. The monoisotopic (exact) mass is 261 g/mol. The fraction of sp³-hybridized carbons (Fsp3) is 0.462. The topological polar surface area (TPSA) is 78.8 Å². The van der Waals surface area contributed by atoms with Crippen molar-refractivity contribution in [3.63, 3.8) is 0 Å². The Hall–Kier alpha value is -1.95. The van der Waals surface area contributed by atoms with Gasteiger partial charge in [0.2, 0.25) is 0 Å². The highest BCUT2D eigenvalue weighted by molar-refractivity contribution is 5.70. The van der Waals surface area contributed by atoms with Crippen molar-refractivity contribution >= 4 is 5.69 Å². The van der Waals surface area contributed by atoms with Crippen molar-refractivity contribution in [2.75, 3.05) is 18.9 Å². The highest BCUT2D eigenvalue weighted by Gasteiger charge is 2.11. The summed E-state index contributed by atoms with van der Waals surface area (Å²) in [5.41, 5.74) is 7.45. The van der Waals surface area contributed by atoms with Crippen LogP contribution in [0.25, 0.3) is 11.4 Å². The summed E-state index contributed by atoms with van der Waals surface area (Å²) < 4.78 is 7.26. The van der Waals surface area contributed by atoms with Gasteiger partial charge in [-0.05, 0) is 28.5 Å². The van der Waals surface area contributed by atoms with Crippen molar-refractivity contribution in [3.05, 3.63) is 24.3 Å². The molecule has 0 radical (unpaired) electrons. The zero-order valence-corrected chi connectivity index (χ0v) is 11.3. The molecule has 0 saturated carbocycles. The van der Waals surface area contributed by atoms with Crippen LogP contribution in [0.1, 0.15) is 13.8 Å². The third-order valence-electron chi connectivity index (χ3n) is 2.63. The Morgan fingerprint density at radius 2 is 2.11 bits per heavy atom. The molecule has 0 amide bonds. The van der Waals surface area contributed by atoms with Crippen LogP contribution in [0.2, 0.25) is 0 Å². The molecule has 19 heavy (non-hydrogen) atoms. The van der Waals surface area contributed by atoms with Gasteiger partial charge in [-0.3, -0.25) is 0 Å². The molecule has 0 aliphatic heterocycles. The highest BCUT2D eigenvalue weighted by atomic mass is 16.5. The fourth-order valence-corrected chi connectivity index (χ4v) is 1.72. The van der Waals surface area contributed by atoms with Gasteiger partial charge in [0.25, 0.3) is 0 Å². The quantitative estimate of drug-likeness (QED) is 0.631. The number of ether oxygens (including phenoxy) is 1. The van der Waals surface area contributed by atoms with Crippen LogP contribution >= 0.6 is 0 Å². The van der Waals surface area contributed by atoms with Gasteiger partial charge in [0.05, 0.1) is 13.2 Å². The Labute approximate surface area is 112 Å². The van der Waals surface area contributed by atoms with Crippen molar-refractivity contribution in [1.82, 2.24) is 20.2 Å². The van der Waals surface area contributed by atoms with E-state index in [2.05, 4.69) is 29.4 Å². The van der Waals surface area contributed by atoms with E-state index in [0.717, 1.165) is 12.2 Å². The van der Waals surface area contributed by atoms with E-state index in [0.29, 0.717) is 30.6 Å². The molecule has 0 saturated heterocycles. The van der Waals surface area contributed by atoms with Gasteiger partial charge in [-0.1, -0.05) is 26.0 Å². The zero-order valence-electron chi connectivity index (χ0n) is 11.3. The normalized spacial score (nSPS) is 11.1. The van der Waals surface area contributed by atoms with Gasteiger partial charge in [0.1, 0.15) is 0 Å². The molecule has 0 unspecified atom stereocenters. The first kappa shape index (κ1) is 13.5. The second-order valence-corrected chi connectivity index (χ2v) is 4.78. The average molecular weight is 261 g/mol. The molecule has 0 atom stereocenters. The summed E-state index contributed by atoms with van der Waals surface area (Å²) in [5, 5.41) is 11.7. The smallest absolute Gasteiger partial charge is 0.184 e. The van der Waals surface area contributed by atoms with E-state index in [4.69, 9.17) is 10.5 Å². The SMILES string of the molecule is CC(C)COCCn1nnnc1-c1ccccc1N. The predicted octanol–water partition coefficient (Wildman–Crippen LogP) is 1.59. The highest BCUT2D eigenvalue weighted by Crippen LogP contribution is 2.22. The van der Waals surface area contributed by atoms with Crippen LogP contribution in [-0.2, 0) is 11.3 Å². The van der Waals surface area contributed by atoms with Crippen LogP contribution in [-0.4, -0.2) is 33.4 Å². The fourth-order valence-electron chi connectivity index (χ4n) is 1.72. The maximum atomic E-state index is 5.94. The Morgan fingerprint density at radius 3 is 2.84 bits per heavy atom. The number of rotatable bonds is 6. The number of nitrogens with two attached hydrogens (primary N) is 1. The third kappa shape index (κ3) is 3.51. The van der Waals surface area contributed by atoms with Gasteiger partial charge in [-0.15, -0.1) is 5.10 Å². The molecule has 0 fully saturated rings. The van der Waals surface area contributed by atoms with Gasteiger partial charge in [0, 0.05) is 17.9 Å². The molecule has 0 spiro atoms. The molecular formula is C13H19N5O. The van der Waals surface area contributed by atoms with Gasteiger partial charge in [-0.25, -0.2) is 4.68 Å². The lowest BCUT2D eigenvalue weighted by molar-refractivity contribution is 0.101. The number of anilines is 1. The van der Waals surface area contributed by atoms with E-state index in [1.54, 1.807) is 4.68 Å². The number of para-hydroxylation sites is 1. The van der Waals surface area contributed by atoms with E-state index < -0.39 is 0 Å². The summed E-state index contributed by atoms with van der Waals surface area (Å²) >= 11 is 0. The van der Waals surface area contributed by atoms with E-state index in [1.165, 1.54) is 0 Å². The molecule has 102 valence electrons. The lowest BCUT2D eigenvalue weighted by Crippen LogP contribution is -2.12. The van der Waals surface area contributed by atoms with Crippen molar-refractivity contribution in [3.8, 4) is 11.4 Å². The number of aromatic nitrogens is 4. The standard InChI is InChI=1S/C13H19N5O/c1-10(2)9-19-8-7-18-13(15-16-17-18)11-5-3-4-6-12(11)14/h3-6,10H,7-9,14H2,1-2H3. The minimum atomic E-state index is 0.526. The Kier molecular flexibility index (Phi) is 4.46. The Morgan fingerprint density at radius 1 is 1.32 bits per heavy atom. The maximum Gasteiger partial charge on any atom is 0.184 e. The largest absolute Gasteiger partial charge is 0.398 e. The van der Waals surface area contributed by atoms with Gasteiger partial charge < -0.3 is 10.5 Å². The molecule has 2 N–H and O–H groups in total. The number of nitrogen functional groups attached to an aromatic ring is 1. The second-order valence-electron chi connectivity index (χ2n) is 4.78. The molecule has 2 rings (SSSR count). The summed E-state index contributed by atoms with van der Waals surface area (Å²) in [4.78, 5) is 0. The predicted molar refractivity (Wildman–Crippen MR) is 73.3 cm³/mol. The minimum absolute atomic E-state index is 0.526. The van der Waals surface area contributed by atoms with Gasteiger partial charge in [0.15, 0.2) is 5.82 Å². The number of benzene rings is 1. The van der Waals surface area contributed by atoms with Crippen LogP contribution in [0.3, 0.4) is 0 Å². The van der Waals surface area contributed by atoms with Crippen LogP contribution in [0.15, 0.2) is 24.3 Å². The van der Waals surface area contributed by atoms with Gasteiger partial charge >= 0.3 is 0 Å². The van der Waals surface area contributed by atoms with Crippen molar-refractivity contribution in [2.24, 2.45) is 5.92 Å². The number of hydrogen-bond donors (Lipinski definition) is 1. The van der Waals surface area contributed by atoms with Crippen LogP contribution in [0, 0.1) is 5.92 Å². The molecule has 1 heterocycles. The molecule has 6 heteroatoms. The second kappa shape index (κ2) is 6.29. The molecule has 0 aliphatic carbocycles. The zero-order chi connectivity index (χ0) is 13.7. The number of nitrogens with zero attached hydrogens (tertiary/aromatic N) is 4. The summed E-state index contributed by atoms with van der Waals surface area (Å²) in [6.45, 7) is 6.18. The first-order valence-electron chi connectivity index (χ1n) is 6.37. The molecule has 0 bridgehead atoms. The maximum absolute atomic E-state index is 5.94. The number of tetrazole rings is 1. The third-order valence-corrected chi connectivity index (χ3v) is 2.63. The van der Waals surface area contributed by atoms with E-state index in [-0.39, 0.29) is 0 Å². The van der Waals surface area contributed by atoms with E-state index in [1.807, 2.05) is 24.3 Å². The molecular weight excluding hydrogens is 242 g/mol. The molecule has 0 aliphatic rings. The van der Waals surface area contributed by atoms with Crippen molar-refractivity contribution < 1.29 is 4.74 Å². The van der Waals surface area contributed by atoms with Crippen LogP contribution < -0.4 is 5.73 Å². The van der Waals surface area contributed by atoms with Gasteiger partial charge in [-0.2, -0.15) is 0 Å². The summed E-state index contributed by atoms with van der Waals surface area (Å²) in [7, 11) is 0. The lowest BCUT2D eigenvalue weighted by Gasteiger charge is -2.08. The first-order valence-corrected chi connectivity index (χ1v) is 6.37. The molecule has 1 aromatic carbocycles. The summed E-state index contributed by atoms with van der Waals surface area (Å²) in [6, 6.07) is 7.55. The average Bonchev–Trinajstić information content (AvgIpc) is 2.83. The van der Waals surface area contributed by atoms with E-state index in [9.17, 15) is 0 Å². The Balaban J connectivity index is 2.04. The van der Waals surface area contributed by atoms with Crippen LogP contribution in [0.5, 0.6) is 0 Å². The van der Waals surface area contributed by atoms with Crippen LogP contribution in [0.4, 0.5) is 5.69 Å². The first-order chi connectivity index (χ1) is 9.18. The Bertz CT molecular complexity index is 523. The summed E-state index contributed by atoms with van der Waals surface area (Å²) in [5.74, 6) is 1.20. The molecule has 2 aromatic rings. The van der Waals surface area contributed by atoms with Crippen molar-refractivity contribution in [1.29, 1.82) is 0 Å². The lowest BCUT2D eigenvalue weighted by atomic mass is 10.2. The van der Waals surface area contributed by atoms with Crippen molar-refractivity contribution in [2.45, 2.75) is 20.4 Å². The summed E-state index contributed by atoms with van der Waals surface area (Å²) in [6.07, 6.45) is 0. The molecule has 1 aromatic heterocycles. The van der Waals surface area contributed by atoms with E-state index >= 15 is 0 Å².